The van der Waals surface area contributed by atoms with E-state index in [4.69, 9.17) is 4.74 Å². The monoisotopic (exact) mass is 277 g/mol. The Bertz CT molecular complexity index is 441. The lowest BCUT2D eigenvalue weighted by molar-refractivity contribution is 0.411. The summed E-state index contributed by atoms with van der Waals surface area (Å²) in [6, 6.07) is 6.24. The van der Waals surface area contributed by atoms with Crippen LogP contribution in [-0.4, -0.2) is 26.7 Å². The number of nitrogens with one attached hydrogen (secondary N) is 2. The zero-order valence-electron chi connectivity index (χ0n) is 13.3. The first-order chi connectivity index (χ1) is 9.56. The Balaban J connectivity index is 2.48. The van der Waals surface area contributed by atoms with Gasteiger partial charge in [0.25, 0.3) is 0 Å². The Kier molecular flexibility index (Phi) is 6.91. The fourth-order valence-corrected chi connectivity index (χ4v) is 1.86. The molecule has 0 heterocycles. The van der Waals surface area contributed by atoms with Crippen LogP contribution in [0.5, 0.6) is 5.75 Å². The first-order valence-electron chi connectivity index (χ1n) is 7.14. The molecular formula is C16H27N3O. The van der Waals surface area contributed by atoms with Crippen LogP contribution in [0.1, 0.15) is 31.4 Å². The summed E-state index contributed by atoms with van der Waals surface area (Å²) >= 11 is 0. The average Bonchev–Trinajstić information content (AvgIpc) is 2.43. The number of aryl methyl sites for hydroxylation is 1. The number of hydrogen-bond donors (Lipinski definition) is 2. The highest BCUT2D eigenvalue weighted by Crippen LogP contribution is 2.18. The number of guanidine groups is 1. The standard InChI is InChI=1S/C16H27N3O/c1-12(2)8-9-18-16(17-4)19-11-14-7-6-13(3)15(10-14)20-5/h6-7,10,12H,8-9,11H2,1-5H3,(H2,17,18,19). The maximum atomic E-state index is 5.34. The van der Waals surface area contributed by atoms with E-state index in [1.807, 2.05) is 6.92 Å². The molecule has 0 amide bonds. The van der Waals surface area contributed by atoms with Crippen LogP contribution in [0.4, 0.5) is 0 Å². The van der Waals surface area contributed by atoms with E-state index in [1.54, 1.807) is 14.2 Å². The van der Waals surface area contributed by atoms with E-state index < -0.39 is 0 Å². The predicted molar refractivity (Wildman–Crippen MR) is 85.4 cm³/mol. The van der Waals surface area contributed by atoms with Gasteiger partial charge in [0.05, 0.1) is 7.11 Å². The Morgan fingerprint density at radius 2 is 2.05 bits per heavy atom. The van der Waals surface area contributed by atoms with Crippen molar-refractivity contribution in [1.82, 2.24) is 10.6 Å². The predicted octanol–water partition coefficient (Wildman–Crippen LogP) is 2.71. The van der Waals surface area contributed by atoms with Crippen molar-refractivity contribution in [1.29, 1.82) is 0 Å². The molecule has 0 aliphatic rings. The molecule has 2 N–H and O–H groups in total. The van der Waals surface area contributed by atoms with Gasteiger partial charge in [0.15, 0.2) is 5.96 Å². The molecule has 0 aliphatic carbocycles. The van der Waals surface area contributed by atoms with E-state index in [1.165, 1.54) is 5.56 Å². The van der Waals surface area contributed by atoms with E-state index in [0.717, 1.165) is 36.8 Å². The normalized spacial score (nSPS) is 11.6. The molecule has 0 saturated carbocycles. The molecule has 0 atom stereocenters. The van der Waals surface area contributed by atoms with Crippen molar-refractivity contribution in [2.75, 3.05) is 20.7 Å². The van der Waals surface area contributed by atoms with Gasteiger partial charge < -0.3 is 15.4 Å². The van der Waals surface area contributed by atoms with E-state index in [2.05, 4.69) is 47.7 Å². The molecule has 0 aromatic heterocycles. The Hall–Kier alpha value is -1.71. The lowest BCUT2D eigenvalue weighted by Gasteiger charge is -2.13. The van der Waals surface area contributed by atoms with Crippen LogP contribution >= 0.6 is 0 Å². The Labute approximate surface area is 122 Å². The molecule has 112 valence electrons. The summed E-state index contributed by atoms with van der Waals surface area (Å²) in [5.74, 6) is 2.46. The fourth-order valence-electron chi connectivity index (χ4n) is 1.86. The largest absolute Gasteiger partial charge is 0.496 e. The highest BCUT2D eigenvalue weighted by atomic mass is 16.5. The van der Waals surface area contributed by atoms with Gasteiger partial charge in [-0.15, -0.1) is 0 Å². The third-order valence-electron chi connectivity index (χ3n) is 3.17. The molecule has 0 radical (unpaired) electrons. The van der Waals surface area contributed by atoms with Crippen LogP contribution in [0.2, 0.25) is 0 Å². The van der Waals surface area contributed by atoms with Crippen LogP contribution < -0.4 is 15.4 Å². The van der Waals surface area contributed by atoms with E-state index >= 15 is 0 Å². The van der Waals surface area contributed by atoms with Crippen molar-refractivity contribution in [2.24, 2.45) is 10.9 Å². The number of aliphatic imine (C=N–C) groups is 1. The van der Waals surface area contributed by atoms with Gasteiger partial charge in [0.2, 0.25) is 0 Å². The molecule has 0 unspecified atom stereocenters. The number of ether oxygens (including phenoxy) is 1. The number of rotatable bonds is 6. The molecule has 0 aliphatic heterocycles. The van der Waals surface area contributed by atoms with Crippen LogP contribution in [0.25, 0.3) is 0 Å². The number of methoxy groups -OCH3 is 1. The molecule has 20 heavy (non-hydrogen) atoms. The van der Waals surface area contributed by atoms with Gasteiger partial charge >= 0.3 is 0 Å². The van der Waals surface area contributed by atoms with Crippen molar-refractivity contribution >= 4 is 5.96 Å². The highest BCUT2D eigenvalue weighted by Gasteiger charge is 2.02. The summed E-state index contributed by atoms with van der Waals surface area (Å²) in [4.78, 5) is 4.22. The van der Waals surface area contributed by atoms with Gasteiger partial charge in [-0.3, -0.25) is 4.99 Å². The number of benzene rings is 1. The van der Waals surface area contributed by atoms with E-state index in [-0.39, 0.29) is 0 Å². The van der Waals surface area contributed by atoms with Crippen molar-refractivity contribution in [3.63, 3.8) is 0 Å². The van der Waals surface area contributed by atoms with Crippen LogP contribution in [-0.2, 0) is 6.54 Å². The first kappa shape index (κ1) is 16.3. The third-order valence-corrected chi connectivity index (χ3v) is 3.17. The van der Waals surface area contributed by atoms with Gasteiger partial charge in [-0.2, -0.15) is 0 Å². The van der Waals surface area contributed by atoms with Gasteiger partial charge in [-0.1, -0.05) is 26.0 Å². The Morgan fingerprint density at radius 1 is 1.30 bits per heavy atom. The Morgan fingerprint density at radius 3 is 2.65 bits per heavy atom. The number of nitrogens with zero attached hydrogens (tertiary/aromatic N) is 1. The molecule has 0 saturated heterocycles. The van der Waals surface area contributed by atoms with Gasteiger partial charge in [0, 0.05) is 20.1 Å². The van der Waals surface area contributed by atoms with Crippen molar-refractivity contribution in [2.45, 2.75) is 33.7 Å². The van der Waals surface area contributed by atoms with Crippen LogP contribution in [0, 0.1) is 12.8 Å². The van der Waals surface area contributed by atoms with Crippen molar-refractivity contribution < 1.29 is 4.74 Å². The molecule has 1 aromatic rings. The second-order valence-corrected chi connectivity index (χ2v) is 5.34. The molecular weight excluding hydrogens is 250 g/mol. The second kappa shape index (κ2) is 8.46. The zero-order valence-corrected chi connectivity index (χ0v) is 13.3. The molecule has 1 rings (SSSR count). The second-order valence-electron chi connectivity index (χ2n) is 5.34. The molecule has 1 aromatic carbocycles. The summed E-state index contributed by atoms with van der Waals surface area (Å²) < 4.78 is 5.34. The van der Waals surface area contributed by atoms with Gasteiger partial charge in [-0.05, 0) is 36.5 Å². The van der Waals surface area contributed by atoms with Crippen LogP contribution in [0.3, 0.4) is 0 Å². The maximum absolute atomic E-state index is 5.34. The average molecular weight is 277 g/mol. The lowest BCUT2D eigenvalue weighted by Crippen LogP contribution is -2.37. The minimum Gasteiger partial charge on any atom is -0.496 e. The molecule has 4 heteroatoms. The zero-order chi connectivity index (χ0) is 15.0. The molecule has 0 bridgehead atoms. The third kappa shape index (κ3) is 5.51. The fraction of sp³-hybridized carbons (Fsp3) is 0.562. The molecule has 0 spiro atoms. The minimum absolute atomic E-state index is 0.696. The smallest absolute Gasteiger partial charge is 0.191 e. The van der Waals surface area contributed by atoms with E-state index in [9.17, 15) is 0 Å². The van der Waals surface area contributed by atoms with E-state index in [0.29, 0.717) is 5.92 Å². The van der Waals surface area contributed by atoms with Crippen molar-refractivity contribution in [3.8, 4) is 5.75 Å². The summed E-state index contributed by atoms with van der Waals surface area (Å²) in [6.07, 6.45) is 1.14. The number of hydrogen-bond acceptors (Lipinski definition) is 2. The quantitative estimate of drug-likeness (QED) is 0.621. The first-order valence-corrected chi connectivity index (χ1v) is 7.14. The molecule has 4 nitrogen and oxygen atoms in total. The summed E-state index contributed by atoms with van der Waals surface area (Å²) in [5, 5.41) is 6.63. The maximum Gasteiger partial charge on any atom is 0.191 e. The summed E-state index contributed by atoms with van der Waals surface area (Å²) in [7, 11) is 3.49. The minimum atomic E-state index is 0.696. The highest BCUT2D eigenvalue weighted by molar-refractivity contribution is 5.79. The summed E-state index contributed by atoms with van der Waals surface area (Å²) in [6.45, 7) is 8.15. The van der Waals surface area contributed by atoms with Gasteiger partial charge in [-0.25, -0.2) is 0 Å². The summed E-state index contributed by atoms with van der Waals surface area (Å²) in [5.41, 5.74) is 2.33. The SMILES string of the molecule is CN=C(NCCC(C)C)NCc1ccc(C)c(OC)c1. The van der Waals surface area contributed by atoms with Crippen molar-refractivity contribution in [3.05, 3.63) is 29.3 Å². The lowest BCUT2D eigenvalue weighted by atomic mass is 10.1. The van der Waals surface area contributed by atoms with Crippen LogP contribution in [0.15, 0.2) is 23.2 Å². The van der Waals surface area contributed by atoms with Gasteiger partial charge in [0.1, 0.15) is 5.75 Å². The topological polar surface area (TPSA) is 45.7 Å². The molecule has 0 fully saturated rings.